The van der Waals surface area contributed by atoms with Crippen molar-refractivity contribution in [3.8, 4) is 5.75 Å². The standard InChI is InChI=1S/C15H24N2O2/c1-5-13-8-6-7-12(2)15(13)19-11-14(18)16-9-10-17(3)4/h6-8H,5,9-11H2,1-4H3,(H,16,18). The molecular weight excluding hydrogens is 240 g/mol. The summed E-state index contributed by atoms with van der Waals surface area (Å²) in [7, 11) is 3.95. The van der Waals surface area contributed by atoms with E-state index >= 15 is 0 Å². The third-order valence-electron chi connectivity index (χ3n) is 2.90. The van der Waals surface area contributed by atoms with Crippen LogP contribution in [0, 0.1) is 6.92 Å². The molecule has 19 heavy (non-hydrogen) atoms. The summed E-state index contributed by atoms with van der Waals surface area (Å²) >= 11 is 0. The Kier molecular flexibility index (Phi) is 6.36. The van der Waals surface area contributed by atoms with Gasteiger partial charge in [0, 0.05) is 13.1 Å². The molecule has 1 aromatic rings. The second-order valence-corrected chi connectivity index (χ2v) is 4.86. The number of nitrogens with one attached hydrogen (secondary N) is 1. The Morgan fingerprint density at radius 2 is 2.11 bits per heavy atom. The molecule has 0 aliphatic carbocycles. The SMILES string of the molecule is CCc1cccc(C)c1OCC(=O)NCCN(C)C. The van der Waals surface area contributed by atoms with Crippen molar-refractivity contribution in [2.24, 2.45) is 0 Å². The molecule has 0 unspecified atom stereocenters. The maximum Gasteiger partial charge on any atom is 0.257 e. The molecule has 1 amide bonds. The van der Waals surface area contributed by atoms with Gasteiger partial charge in [-0.15, -0.1) is 0 Å². The molecule has 0 saturated carbocycles. The lowest BCUT2D eigenvalue weighted by atomic mass is 10.1. The molecule has 0 atom stereocenters. The third kappa shape index (κ3) is 5.30. The fraction of sp³-hybridized carbons (Fsp3) is 0.533. The number of likely N-dealkylation sites (N-methyl/N-ethyl adjacent to an activating group) is 1. The van der Waals surface area contributed by atoms with E-state index in [1.807, 2.05) is 44.1 Å². The summed E-state index contributed by atoms with van der Waals surface area (Å²) in [5.41, 5.74) is 2.21. The van der Waals surface area contributed by atoms with Crippen LogP contribution in [-0.2, 0) is 11.2 Å². The number of amides is 1. The lowest BCUT2D eigenvalue weighted by molar-refractivity contribution is -0.123. The van der Waals surface area contributed by atoms with Gasteiger partial charge in [-0.3, -0.25) is 4.79 Å². The first-order valence-electron chi connectivity index (χ1n) is 6.67. The van der Waals surface area contributed by atoms with Crippen molar-refractivity contribution in [1.29, 1.82) is 0 Å². The minimum atomic E-state index is -0.0767. The minimum Gasteiger partial charge on any atom is -0.483 e. The molecule has 1 N–H and O–H groups in total. The van der Waals surface area contributed by atoms with Crippen LogP contribution in [-0.4, -0.2) is 44.6 Å². The average Bonchev–Trinajstić information content (AvgIpc) is 2.36. The summed E-state index contributed by atoms with van der Waals surface area (Å²) in [6, 6.07) is 6.04. The summed E-state index contributed by atoms with van der Waals surface area (Å²) in [6.45, 7) is 5.63. The van der Waals surface area contributed by atoms with E-state index in [1.54, 1.807) is 0 Å². The van der Waals surface area contributed by atoms with Crippen molar-refractivity contribution in [1.82, 2.24) is 10.2 Å². The van der Waals surface area contributed by atoms with Crippen LogP contribution in [0.3, 0.4) is 0 Å². The normalized spacial score (nSPS) is 10.6. The highest BCUT2D eigenvalue weighted by Gasteiger charge is 2.08. The molecule has 0 bridgehead atoms. The van der Waals surface area contributed by atoms with Gasteiger partial charge >= 0.3 is 0 Å². The van der Waals surface area contributed by atoms with Crippen molar-refractivity contribution in [3.05, 3.63) is 29.3 Å². The number of para-hydroxylation sites is 1. The van der Waals surface area contributed by atoms with Crippen LogP contribution in [0.15, 0.2) is 18.2 Å². The average molecular weight is 264 g/mol. The molecular formula is C15H24N2O2. The highest BCUT2D eigenvalue weighted by Crippen LogP contribution is 2.23. The monoisotopic (exact) mass is 264 g/mol. The molecule has 1 aromatic carbocycles. The van der Waals surface area contributed by atoms with E-state index in [0.717, 1.165) is 29.8 Å². The van der Waals surface area contributed by atoms with Gasteiger partial charge in [-0.2, -0.15) is 0 Å². The van der Waals surface area contributed by atoms with Gasteiger partial charge in [-0.25, -0.2) is 0 Å². The number of benzene rings is 1. The van der Waals surface area contributed by atoms with E-state index < -0.39 is 0 Å². The predicted octanol–water partition coefficient (Wildman–Crippen LogP) is 1.61. The van der Waals surface area contributed by atoms with E-state index in [1.165, 1.54) is 0 Å². The quantitative estimate of drug-likeness (QED) is 0.813. The summed E-state index contributed by atoms with van der Waals surface area (Å²) in [6.07, 6.45) is 0.902. The van der Waals surface area contributed by atoms with Crippen LogP contribution < -0.4 is 10.1 Å². The second kappa shape index (κ2) is 7.79. The molecule has 106 valence electrons. The number of nitrogens with zero attached hydrogens (tertiary/aromatic N) is 1. The zero-order chi connectivity index (χ0) is 14.3. The van der Waals surface area contributed by atoms with Gasteiger partial charge in [0.05, 0.1) is 0 Å². The van der Waals surface area contributed by atoms with E-state index in [0.29, 0.717) is 6.54 Å². The Hall–Kier alpha value is -1.55. The second-order valence-electron chi connectivity index (χ2n) is 4.86. The van der Waals surface area contributed by atoms with Gasteiger partial charge in [0.25, 0.3) is 5.91 Å². The van der Waals surface area contributed by atoms with Gasteiger partial charge in [-0.05, 0) is 38.6 Å². The minimum absolute atomic E-state index is 0.0747. The van der Waals surface area contributed by atoms with Crippen LogP contribution in [0.25, 0.3) is 0 Å². The molecule has 0 aliphatic rings. The van der Waals surface area contributed by atoms with Gasteiger partial charge in [-0.1, -0.05) is 25.1 Å². The van der Waals surface area contributed by atoms with Crippen molar-refractivity contribution in [2.45, 2.75) is 20.3 Å². The maximum absolute atomic E-state index is 11.7. The van der Waals surface area contributed by atoms with Crippen molar-refractivity contribution < 1.29 is 9.53 Å². The molecule has 4 nitrogen and oxygen atoms in total. The van der Waals surface area contributed by atoms with E-state index in [2.05, 4.69) is 12.2 Å². The number of hydrogen-bond acceptors (Lipinski definition) is 3. The third-order valence-corrected chi connectivity index (χ3v) is 2.90. The molecule has 0 radical (unpaired) electrons. The molecule has 0 aliphatic heterocycles. The molecule has 1 rings (SSSR count). The Morgan fingerprint density at radius 1 is 1.37 bits per heavy atom. The number of aryl methyl sites for hydroxylation is 2. The van der Waals surface area contributed by atoms with Crippen LogP contribution in [0.1, 0.15) is 18.1 Å². The fourth-order valence-corrected chi connectivity index (χ4v) is 1.81. The van der Waals surface area contributed by atoms with E-state index in [4.69, 9.17) is 4.74 Å². The smallest absolute Gasteiger partial charge is 0.257 e. The summed E-state index contributed by atoms with van der Waals surface area (Å²) < 4.78 is 5.65. The van der Waals surface area contributed by atoms with Crippen molar-refractivity contribution in [3.63, 3.8) is 0 Å². The Bertz CT molecular complexity index is 417. The molecule has 0 aromatic heterocycles. The zero-order valence-electron chi connectivity index (χ0n) is 12.3. The van der Waals surface area contributed by atoms with Gasteiger partial charge in [0.1, 0.15) is 5.75 Å². The Labute approximate surface area is 115 Å². The van der Waals surface area contributed by atoms with Gasteiger partial charge in [0.15, 0.2) is 6.61 Å². The Balaban J connectivity index is 2.46. The Morgan fingerprint density at radius 3 is 2.74 bits per heavy atom. The highest BCUT2D eigenvalue weighted by atomic mass is 16.5. The molecule has 0 spiro atoms. The van der Waals surface area contributed by atoms with E-state index in [9.17, 15) is 4.79 Å². The maximum atomic E-state index is 11.7. The van der Waals surface area contributed by atoms with Gasteiger partial charge in [0.2, 0.25) is 0 Å². The number of rotatable bonds is 7. The number of ether oxygens (including phenoxy) is 1. The largest absolute Gasteiger partial charge is 0.483 e. The summed E-state index contributed by atoms with van der Waals surface area (Å²) in [5, 5.41) is 2.84. The molecule has 0 saturated heterocycles. The fourth-order valence-electron chi connectivity index (χ4n) is 1.81. The summed E-state index contributed by atoms with van der Waals surface area (Å²) in [5.74, 6) is 0.764. The van der Waals surface area contributed by atoms with Crippen molar-refractivity contribution in [2.75, 3.05) is 33.8 Å². The van der Waals surface area contributed by atoms with Crippen LogP contribution >= 0.6 is 0 Å². The van der Waals surface area contributed by atoms with E-state index in [-0.39, 0.29) is 12.5 Å². The number of hydrogen-bond donors (Lipinski definition) is 1. The van der Waals surface area contributed by atoms with Crippen LogP contribution in [0.2, 0.25) is 0 Å². The van der Waals surface area contributed by atoms with Crippen molar-refractivity contribution >= 4 is 5.91 Å². The zero-order valence-corrected chi connectivity index (χ0v) is 12.3. The first-order valence-corrected chi connectivity index (χ1v) is 6.67. The first kappa shape index (κ1) is 15.5. The lowest BCUT2D eigenvalue weighted by Crippen LogP contribution is -2.34. The first-order chi connectivity index (χ1) is 9.04. The number of carbonyl (C=O) groups excluding carboxylic acids is 1. The lowest BCUT2D eigenvalue weighted by Gasteiger charge is -2.14. The molecule has 0 heterocycles. The van der Waals surface area contributed by atoms with Crippen LogP contribution in [0.4, 0.5) is 0 Å². The van der Waals surface area contributed by atoms with Gasteiger partial charge < -0.3 is 15.0 Å². The highest BCUT2D eigenvalue weighted by molar-refractivity contribution is 5.77. The van der Waals surface area contributed by atoms with Crippen LogP contribution in [0.5, 0.6) is 5.75 Å². The topological polar surface area (TPSA) is 41.6 Å². The molecule has 4 heteroatoms. The molecule has 0 fully saturated rings. The number of carbonyl (C=O) groups is 1. The predicted molar refractivity (Wildman–Crippen MR) is 77.6 cm³/mol. The summed E-state index contributed by atoms with van der Waals surface area (Å²) in [4.78, 5) is 13.7.